The van der Waals surface area contributed by atoms with E-state index in [0.717, 1.165) is 12.8 Å². The van der Waals surface area contributed by atoms with Gasteiger partial charge in [-0.3, -0.25) is 14.7 Å². The van der Waals surface area contributed by atoms with E-state index >= 15 is 0 Å². The summed E-state index contributed by atoms with van der Waals surface area (Å²) < 4.78 is 0. The predicted molar refractivity (Wildman–Crippen MR) is 47.7 cm³/mol. The van der Waals surface area contributed by atoms with E-state index in [4.69, 9.17) is 5.73 Å². The Kier molecular flexibility index (Phi) is 2.68. The molecule has 0 aromatic heterocycles. The van der Waals surface area contributed by atoms with Gasteiger partial charge in [0.05, 0.1) is 0 Å². The standard InChI is InChI=1S/C8H15N3O/c1-6-4-3-5-11(7(6)12)8(9)10-2/h6H,3-5H2,1-2H3,(H2,9,10). The molecule has 2 N–H and O–H groups in total. The molecule has 12 heavy (non-hydrogen) atoms. The second kappa shape index (κ2) is 3.56. The van der Waals surface area contributed by atoms with Crippen molar-refractivity contribution in [3.8, 4) is 0 Å². The van der Waals surface area contributed by atoms with Crippen LogP contribution in [-0.4, -0.2) is 30.4 Å². The van der Waals surface area contributed by atoms with Crippen molar-refractivity contribution in [2.24, 2.45) is 16.6 Å². The molecule has 0 radical (unpaired) electrons. The molecular formula is C8H15N3O. The molecule has 1 atom stereocenters. The number of rotatable bonds is 0. The van der Waals surface area contributed by atoms with Gasteiger partial charge >= 0.3 is 0 Å². The molecule has 4 nitrogen and oxygen atoms in total. The first-order valence-corrected chi connectivity index (χ1v) is 4.20. The first kappa shape index (κ1) is 9.03. The third-order valence-corrected chi connectivity index (χ3v) is 2.21. The van der Waals surface area contributed by atoms with Gasteiger partial charge in [-0.05, 0) is 12.8 Å². The summed E-state index contributed by atoms with van der Waals surface area (Å²) in [6.07, 6.45) is 1.98. The Balaban J connectivity index is 2.71. The molecule has 4 heteroatoms. The minimum Gasteiger partial charge on any atom is -0.369 e. The Hall–Kier alpha value is -1.06. The highest BCUT2D eigenvalue weighted by Crippen LogP contribution is 2.16. The number of nitrogens with two attached hydrogens (primary N) is 1. The molecule has 0 bridgehead atoms. The first-order chi connectivity index (χ1) is 5.66. The number of hydrogen-bond donors (Lipinski definition) is 1. The topological polar surface area (TPSA) is 58.7 Å². The maximum atomic E-state index is 11.5. The van der Waals surface area contributed by atoms with Crippen LogP contribution in [0.5, 0.6) is 0 Å². The Bertz CT molecular complexity index is 212. The fraction of sp³-hybridized carbons (Fsp3) is 0.750. The molecule has 1 rings (SSSR count). The van der Waals surface area contributed by atoms with Crippen molar-refractivity contribution < 1.29 is 4.79 Å². The van der Waals surface area contributed by atoms with Gasteiger partial charge in [0.2, 0.25) is 5.91 Å². The lowest BCUT2D eigenvalue weighted by Gasteiger charge is -2.29. The van der Waals surface area contributed by atoms with Crippen LogP contribution in [0.1, 0.15) is 19.8 Å². The average Bonchev–Trinajstić information content (AvgIpc) is 2.08. The van der Waals surface area contributed by atoms with Crippen molar-refractivity contribution in [1.29, 1.82) is 0 Å². The van der Waals surface area contributed by atoms with Gasteiger partial charge in [0, 0.05) is 19.5 Å². The highest BCUT2D eigenvalue weighted by Gasteiger charge is 2.26. The van der Waals surface area contributed by atoms with Gasteiger partial charge in [-0.1, -0.05) is 6.92 Å². The molecule has 0 spiro atoms. The van der Waals surface area contributed by atoms with Crippen LogP contribution in [0.4, 0.5) is 0 Å². The van der Waals surface area contributed by atoms with E-state index in [2.05, 4.69) is 4.99 Å². The molecule has 1 aliphatic rings. The molecule has 0 aliphatic carbocycles. The van der Waals surface area contributed by atoms with Gasteiger partial charge in [-0.25, -0.2) is 0 Å². The molecule has 1 saturated heterocycles. The minimum atomic E-state index is 0.0963. The summed E-state index contributed by atoms with van der Waals surface area (Å²) in [5, 5.41) is 0. The molecule has 1 aliphatic heterocycles. The maximum absolute atomic E-state index is 11.5. The number of carbonyl (C=O) groups is 1. The van der Waals surface area contributed by atoms with Crippen LogP contribution in [0.25, 0.3) is 0 Å². The number of likely N-dealkylation sites (tertiary alicyclic amines) is 1. The predicted octanol–water partition coefficient (Wildman–Crippen LogP) is 0.189. The van der Waals surface area contributed by atoms with Crippen molar-refractivity contribution in [1.82, 2.24) is 4.90 Å². The fourth-order valence-electron chi connectivity index (χ4n) is 1.40. The van der Waals surface area contributed by atoms with E-state index < -0.39 is 0 Å². The molecule has 0 aromatic rings. The quantitative estimate of drug-likeness (QED) is 0.415. The normalized spacial score (nSPS) is 26.2. The molecule has 1 fully saturated rings. The number of aliphatic imine (C=N–C) groups is 1. The summed E-state index contributed by atoms with van der Waals surface area (Å²) in [4.78, 5) is 16.9. The lowest BCUT2D eigenvalue weighted by Crippen LogP contribution is -2.47. The zero-order valence-electron chi connectivity index (χ0n) is 7.58. The van der Waals surface area contributed by atoms with E-state index in [0.29, 0.717) is 12.5 Å². The number of guanidine groups is 1. The van der Waals surface area contributed by atoms with Gasteiger partial charge in [0.1, 0.15) is 0 Å². The van der Waals surface area contributed by atoms with E-state index in [9.17, 15) is 4.79 Å². The lowest BCUT2D eigenvalue weighted by molar-refractivity contribution is -0.133. The molecule has 1 amide bonds. The third kappa shape index (κ3) is 1.57. The Morgan fingerprint density at radius 1 is 1.75 bits per heavy atom. The summed E-state index contributed by atoms with van der Waals surface area (Å²) in [5.41, 5.74) is 5.56. The number of carbonyl (C=O) groups excluding carboxylic acids is 1. The maximum Gasteiger partial charge on any atom is 0.232 e. The second-order valence-corrected chi connectivity index (χ2v) is 3.11. The van der Waals surface area contributed by atoms with Gasteiger partial charge in [0.25, 0.3) is 0 Å². The second-order valence-electron chi connectivity index (χ2n) is 3.11. The van der Waals surface area contributed by atoms with Crippen LogP contribution in [0.15, 0.2) is 4.99 Å². The average molecular weight is 169 g/mol. The third-order valence-electron chi connectivity index (χ3n) is 2.21. The monoisotopic (exact) mass is 169 g/mol. The van der Waals surface area contributed by atoms with Gasteiger partial charge in [0.15, 0.2) is 5.96 Å². The Morgan fingerprint density at radius 2 is 2.42 bits per heavy atom. The van der Waals surface area contributed by atoms with Crippen molar-refractivity contribution in [2.75, 3.05) is 13.6 Å². The zero-order valence-corrected chi connectivity index (χ0v) is 7.58. The van der Waals surface area contributed by atoms with E-state index in [-0.39, 0.29) is 11.8 Å². The van der Waals surface area contributed by atoms with Gasteiger partial charge < -0.3 is 5.73 Å². The summed E-state index contributed by atoms with van der Waals surface area (Å²) >= 11 is 0. The number of hydrogen-bond acceptors (Lipinski definition) is 2. The summed E-state index contributed by atoms with van der Waals surface area (Å²) in [6.45, 7) is 2.64. The summed E-state index contributed by atoms with van der Waals surface area (Å²) in [7, 11) is 1.60. The molecule has 1 heterocycles. The first-order valence-electron chi connectivity index (χ1n) is 4.20. The van der Waals surface area contributed by atoms with E-state index in [1.165, 1.54) is 0 Å². The molecule has 1 unspecified atom stereocenters. The highest BCUT2D eigenvalue weighted by atomic mass is 16.2. The minimum absolute atomic E-state index is 0.0963. The molecule has 0 saturated carbocycles. The number of piperidine rings is 1. The van der Waals surface area contributed by atoms with Crippen molar-refractivity contribution in [3.63, 3.8) is 0 Å². The van der Waals surface area contributed by atoms with Crippen LogP contribution in [0, 0.1) is 5.92 Å². The highest BCUT2D eigenvalue weighted by molar-refractivity contribution is 5.97. The van der Waals surface area contributed by atoms with E-state index in [1.54, 1.807) is 11.9 Å². The SMILES string of the molecule is CN=C(N)N1CCCC(C)C1=O. The molecule has 68 valence electrons. The largest absolute Gasteiger partial charge is 0.369 e. The summed E-state index contributed by atoms with van der Waals surface area (Å²) in [5.74, 6) is 0.537. The molecular weight excluding hydrogens is 154 g/mol. The summed E-state index contributed by atoms with van der Waals surface area (Å²) in [6, 6.07) is 0. The lowest BCUT2D eigenvalue weighted by atomic mass is 10.00. The van der Waals surface area contributed by atoms with Gasteiger partial charge in [-0.15, -0.1) is 0 Å². The smallest absolute Gasteiger partial charge is 0.232 e. The van der Waals surface area contributed by atoms with Crippen molar-refractivity contribution in [3.05, 3.63) is 0 Å². The van der Waals surface area contributed by atoms with Crippen LogP contribution in [-0.2, 0) is 4.79 Å². The molecule has 0 aromatic carbocycles. The van der Waals surface area contributed by atoms with E-state index in [1.807, 2.05) is 6.92 Å². The van der Waals surface area contributed by atoms with Crippen LogP contribution in [0.2, 0.25) is 0 Å². The van der Waals surface area contributed by atoms with Gasteiger partial charge in [-0.2, -0.15) is 0 Å². The number of amides is 1. The Morgan fingerprint density at radius 3 is 3.00 bits per heavy atom. The fourth-order valence-corrected chi connectivity index (χ4v) is 1.40. The van der Waals surface area contributed by atoms with Crippen LogP contribution in [0.3, 0.4) is 0 Å². The zero-order chi connectivity index (χ0) is 9.14. The van der Waals surface area contributed by atoms with Crippen LogP contribution >= 0.6 is 0 Å². The van der Waals surface area contributed by atoms with Crippen molar-refractivity contribution >= 4 is 11.9 Å². The Labute approximate surface area is 72.4 Å². The number of nitrogens with zero attached hydrogens (tertiary/aromatic N) is 2. The van der Waals surface area contributed by atoms with Crippen LogP contribution < -0.4 is 5.73 Å². The van der Waals surface area contributed by atoms with Crippen molar-refractivity contribution in [2.45, 2.75) is 19.8 Å².